The predicted molar refractivity (Wildman–Crippen MR) is 150 cm³/mol. The lowest BCUT2D eigenvalue weighted by molar-refractivity contribution is -0.123. The van der Waals surface area contributed by atoms with Crippen LogP contribution < -0.4 is 19.9 Å². The van der Waals surface area contributed by atoms with Crippen LogP contribution in [0.4, 0.5) is 13.6 Å². The first kappa shape index (κ1) is 32.1. The highest BCUT2D eigenvalue weighted by Gasteiger charge is 2.34. The van der Waals surface area contributed by atoms with Crippen molar-refractivity contribution in [1.29, 1.82) is 0 Å². The van der Waals surface area contributed by atoms with Crippen LogP contribution >= 0.6 is 30.8 Å². The van der Waals surface area contributed by atoms with Crippen LogP contribution in [0.5, 0.6) is 11.5 Å². The van der Waals surface area contributed by atoms with Gasteiger partial charge in [-0.15, -0.1) is 0 Å². The van der Waals surface area contributed by atoms with E-state index in [1.165, 1.54) is 24.3 Å². The number of ether oxygens (including phenoxy) is 2. The van der Waals surface area contributed by atoms with Crippen LogP contribution in [0.25, 0.3) is 0 Å². The van der Waals surface area contributed by atoms with Gasteiger partial charge in [0, 0.05) is 19.0 Å². The fourth-order valence-electron chi connectivity index (χ4n) is 3.39. The molecule has 0 radical (unpaired) electrons. The van der Waals surface area contributed by atoms with Crippen molar-refractivity contribution < 1.29 is 41.8 Å². The molecule has 14 heteroatoms. The number of alkyl carbamates (subject to hydrolysis) is 1. The molecule has 1 unspecified atom stereocenters. The lowest BCUT2D eigenvalue weighted by Gasteiger charge is -2.19. The van der Waals surface area contributed by atoms with Crippen molar-refractivity contribution in [2.45, 2.75) is 31.7 Å². The summed E-state index contributed by atoms with van der Waals surface area (Å²) >= 11 is 11.9. The summed E-state index contributed by atoms with van der Waals surface area (Å²) in [6.07, 6.45) is -3.95. The molecule has 41 heavy (non-hydrogen) atoms. The third-order valence-electron chi connectivity index (χ3n) is 5.45. The summed E-state index contributed by atoms with van der Waals surface area (Å²) in [6, 6.07) is 18.0. The van der Waals surface area contributed by atoms with Gasteiger partial charge in [0.25, 0.3) is 0 Å². The van der Waals surface area contributed by atoms with Gasteiger partial charge in [-0.1, -0.05) is 65.7 Å². The molecule has 220 valence electrons. The van der Waals surface area contributed by atoms with Crippen molar-refractivity contribution in [2.24, 2.45) is 0 Å². The van der Waals surface area contributed by atoms with Crippen LogP contribution in [0, 0.1) is 0 Å². The fourth-order valence-corrected chi connectivity index (χ4v) is 4.18. The van der Waals surface area contributed by atoms with E-state index in [0.29, 0.717) is 27.8 Å². The van der Waals surface area contributed by atoms with Gasteiger partial charge in [0.2, 0.25) is 5.91 Å². The number of hydrogen-bond donors (Lipinski definition) is 3. The zero-order valence-corrected chi connectivity index (χ0v) is 23.9. The second kappa shape index (κ2) is 15.6. The Kier molecular flexibility index (Phi) is 12.2. The molecule has 0 aliphatic carbocycles. The Labute approximate surface area is 245 Å². The van der Waals surface area contributed by atoms with Crippen molar-refractivity contribution in [2.75, 3.05) is 13.2 Å². The van der Waals surface area contributed by atoms with E-state index >= 15 is 0 Å². The molecule has 0 aromatic heterocycles. The monoisotopic (exact) mass is 630 g/mol. The fraction of sp³-hybridized carbons (Fsp3) is 0.259. The maximum absolute atomic E-state index is 13.0. The van der Waals surface area contributed by atoms with Crippen LogP contribution in [0.1, 0.15) is 17.5 Å². The molecule has 0 aliphatic rings. The van der Waals surface area contributed by atoms with Gasteiger partial charge in [-0.2, -0.15) is 8.78 Å². The van der Waals surface area contributed by atoms with E-state index in [1.807, 2.05) is 6.07 Å². The molecule has 3 aromatic rings. The van der Waals surface area contributed by atoms with Gasteiger partial charge >= 0.3 is 19.9 Å². The van der Waals surface area contributed by atoms with Gasteiger partial charge < -0.3 is 29.5 Å². The van der Waals surface area contributed by atoms with Gasteiger partial charge in [-0.25, -0.2) is 9.36 Å². The summed E-state index contributed by atoms with van der Waals surface area (Å²) in [5.74, 6) is -0.239. The average Bonchev–Trinajstić information content (AvgIpc) is 2.94. The number of carbonyl (C=O) groups excluding carboxylic acids is 2. The quantitative estimate of drug-likeness (QED) is 0.143. The van der Waals surface area contributed by atoms with Crippen LogP contribution in [0.3, 0.4) is 0 Å². The molecular weight excluding hydrogens is 604 g/mol. The first-order valence-electron chi connectivity index (χ1n) is 12.3. The van der Waals surface area contributed by atoms with Crippen molar-refractivity contribution in [1.82, 2.24) is 10.6 Å². The molecule has 3 N–H and O–H groups in total. The van der Waals surface area contributed by atoms with E-state index < -0.39 is 31.8 Å². The van der Waals surface area contributed by atoms with Crippen molar-refractivity contribution >= 4 is 42.8 Å². The van der Waals surface area contributed by atoms with E-state index in [2.05, 4.69) is 15.2 Å². The number of hydrogen-bond acceptors (Lipinski definition) is 6. The first-order valence-corrected chi connectivity index (χ1v) is 14.7. The first-order chi connectivity index (χ1) is 19.5. The van der Waals surface area contributed by atoms with Gasteiger partial charge in [0.05, 0.1) is 16.7 Å². The summed E-state index contributed by atoms with van der Waals surface area (Å²) < 4.78 is 52.0. The molecule has 0 fully saturated rings. The molecule has 0 aliphatic heterocycles. The van der Waals surface area contributed by atoms with Gasteiger partial charge in [0.15, 0.2) is 0 Å². The minimum absolute atomic E-state index is 0.00203. The lowest BCUT2D eigenvalue weighted by Crippen LogP contribution is -2.48. The van der Waals surface area contributed by atoms with Crippen LogP contribution in [-0.2, 0) is 27.1 Å². The molecule has 0 saturated heterocycles. The smallest absolute Gasteiger partial charge is 0.442 e. The molecular formula is C27H27Cl2F2N2O7P. The third kappa shape index (κ3) is 10.8. The highest BCUT2D eigenvalue weighted by atomic mass is 35.5. The molecule has 0 heterocycles. The van der Waals surface area contributed by atoms with Gasteiger partial charge in [-0.05, 0) is 41.8 Å². The number of alkyl halides is 2. The highest BCUT2D eigenvalue weighted by molar-refractivity contribution is 7.53. The SMILES string of the molecule is O=C(N[C@@H](Cc1ccc(OP(=O)(O)C(F)F)cc1)C(=O)NCCCOc1ccc(Cl)c(Cl)c1)OCc1ccccc1. The number of rotatable bonds is 14. The lowest BCUT2D eigenvalue weighted by atomic mass is 10.1. The number of carbonyl (C=O) groups is 2. The van der Waals surface area contributed by atoms with E-state index in [-0.39, 0.29) is 31.9 Å². The predicted octanol–water partition coefficient (Wildman–Crippen LogP) is 6.20. The topological polar surface area (TPSA) is 123 Å². The summed E-state index contributed by atoms with van der Waals surface area (Å²) in [6.45, 7) is 0.484. The molecule has 0 spiro atoms. The average molecular weight is 631 g/mol. The number of nitrogens with one attached hydrogen (secondary N) is 2. The Morgan fingerprint density at radius 3 is 2.27 bits per heavy atom. The Morgan fingerprint density at radius 1 is 0.927 bits per heavy atom. The Morgan fingerprint density at radius 2 is 1.61 bits per heavy atom. The third-order valence-corrected chi connectivity index (χ3v) is 7.15. The second-order valence-corrected chi connectivity index (χ2v) is 11.1. The molecule has 0 saturated carbocycles. The van der Waals surface area contributed by atoms with Gasteiger partial charge in [0.1, 0.15) is 24.1 Å². The van der Waals surface area contributed by atoms with Crippen molar-refractivity contribution in [3.8, 4) is 11.5 Å². The maximum atomic E-state index is 13.0. The highest BCUT2D eigenvalue weighted by Crippen LogP contribution is 2.48. The largest absolute Gasteiger partial charge is 0.493 e. The van der Waals surface area contributed by atoms with E-state index in [9.17, 15) is 27.8 Å². The minimum atomic E-state index is -5.13. The number of benzene rings is 3. The summed E-state index contributed by atoms with van der Waals surface area (Å²) in [7, 11) is -5.13. The van der Waals surface area contributed by atoms with Gasteiger partial charge in [-0.3, -0.25) is 4.79 Å². The van der Waals surface area contributed by atoms with E-state index in [0.717, 1.165) is 5.56 Å². The minimum Gasteiger partial charge on any atom is -0.493 e. The van der Waals surface area contributed by atoms with Crippen LogP contribution in [0.15, 0.2) is 72.8 Å². The Balaban J connectivity index is 1.58. The number of amides is 2. The van der Waals surface area contributed by atoms with Crippen LogP contribution in [-0.4, -0.2) is 42.3 Å². The van der Waals surface area contributed by atoms with Crippen molar-refractivity contribution in [3.63, 3.8) is 0 Å². The standard InChI is InChI=1S/C27H27Cl2F2N2O7P/c28-22-12-11-21(16-23(22)29)38-14-4-13-32-25(34)24(33-27(35)39-17-19-5-2-1-3-6-19)15-18-7-9-20(10-8-18)40-41(36,37)26(30)31/h1-3,5-12,16,24,26H,4,13-15,17H2,(H,32,34)(H,33,35)(H,36,37)/t24-/m0/s1. The molecule has 3 aromatic carbocycles. The zero-order valence-electron chi connectivity index (χ0n) is 21.5. The van der Waals surface area contributed by atoms with E-state index in [1.54, 1.807) is 42.5 Å². The van der Waals surface area contributed by atoms with E-state index in [4.69, 9.17) is 32.7 Å². The Bertz CT molecular complexity index is 1350. The summed E-state index contributed by atoms with van der Waals surface area (Å²) in [4.78, 5) is 34.7. The molecule has 9 nitrogen and oxygen atoms in total. The molecule has 0 bridgehead atoms. The zero-order chi connectivity index (χ0) is 29.8. The number of halogens is 4. The summed E-state index contributed by atoms with van der Waals surface area (Å²) in [5, 5.41) is 6.01. The second-order valence-electron chi connectivity index (χ2n) is 8.61. The summed E-state index contributed by atoms with van der Waals surface area (Å²) in [5.41, 5.74) is 1.26. The molecule has 2 atom stereocenters. The molecule has 2 amide bonds. The van der Waals surface area contributed by atoms with Crippen LogP contribution in [0.2, 0.25) is 10.0 Å². The maximum Gasteiger partial charge on any atom is 0.442 e. The molecule has 3 rings (SSSR count). The normalized spacial score (nSPS) is 13.1. The van der Waals surface area contributed by atoms with Crippen molar-refractivity contribution in [3.05, 3.63) is 94.0 Å². The Hall–Kier alpha value is -3.37.